The van der Waals surface area contributed by atoms with Gasteiger partial charge in [-0.15, -0.1) is 0 Å². The Morgan fingerprint density at radius 1 is 0.812 bits per heavy atom. The third kappa shape index (κ3) is 4.22. The number of rotatable bonds is 6. The van der Waals surface area contributed by atoms with Gasteiger partial charge < -0.3 is 5.32 Å². The van der Waals surface area contributed by atoms with Crippen molar-refractivity contribution in [3.8, 4) is 0 Å². The maximum Gasteiger partial charge on any atom is 0.264 e. The molecule has 0 fully saturated rings. The molecule has 4 aromatic rings. The third-order valence-electron chi connectivity index (χ3n) is 5.51. The van der Waals surface area contributed by atoms with Gasteiger partial charge in [0.1, 0.15) is 4.90 Å². The summed E-state index contributed by atoms with van der Waals surface area (Å²) in [6, 6.07) is 28.8. The van der Waals surface area contributed by atoms with E-state index in [0.29, 0.717) is 5.69 Å². The summed E-state index contributed by atoms with van der Waals surface area (Å²) in [7, 11) is -2.44. The Hall–Kier alpha value is -3.64. The Balaban J connectivity index is 1.62. The van der Waals surface area contributed by atoms with Gasteiger partial charge in [0.25, 0.3) is 15.9 Å². The number of nitrogens with one attached hydrogen (secondary N) is 1. The molecule has 4 rings (SSSR count). The number of nitrogens with zero attached hydrogens (tertiary/aromatic N) is 1. The highest BCUT2D eigenvalue weighted by molar-refractivity contribution is 7.92. The van der Waals surface area contributed by atoms with Crippen LogP contribution in [0.2, 0.25) is 0 Å². The highest BCUT2D eigenvalue weighted by Gasteiger charge is 2.27. The fourth-order valence-corrected chi connectivity index (χ4v) is 5.02. The van der Waals surface area contributed by atoms with E-state index in [0.717, 1.165) is 16.3 Å². The average molecular weight is 445 g/mol. The maximum absolute atomic E-state index is 13.3. The topological polar surface area (TPSA) is 66.5 Å². The molecule has 0 saturated heterocycles. The van der Waals surface area contributed by atoms with Gasteiger partial charge in [0.2, 0.25) is 0 Å². The molecule has 6 heteroatoms. The monoisotopic (exact) mass is 444 g/mol. The minimum Gasteiger partial charge on any atom is -0.345 e. The number of anilines is 1. The Morgan fingerprint density at radius 2 is 1.44 bits per heavy atom. The zero-order valence-corrected chi connectivity index (χ0v) is 18.7. The van der Waals surface area contributed by atoms with Crippen molar-refractivity contribution >= 4 is 32.4 Å². The fraction of sp³-hybridized carbons (Fsp3) is 0.115. The zero-order valence-electron chi connectivity index (χ0n) is 17.9. The Kier molecular flexibility index (Phi) is 5.97. The molecule has 4 aromatic carbocycles. The second kappa shape index (κ2) is 8.85. The average Bonchev–Trinajstić information content (AvgIpc) is 2.83. The maximum atomic E-state index is 13.3. The molecule has 0 aliphatic rings. The molecule has 1 amide bonds. The quantitative estimate of drug-likeness (QED) is 0.447. The molecule has 0 spiro atoms. The fourth-order valence-electron chi connectivity index (χ4n) is 3.64. The molecule has 0 bridgehead atoms. The molecule has 0 heterocycles. The lowest BCUT2D eigenvalue weighted by Gasteiger charge is -2.22. The second-order valence-corrected chi connectivity index (χ2v) is 9.54. The molecular weight excluding hydrogens is 420 g/mol. The lowest BCUT2D eigenvalue weighted by molar-refractivity contribution is 0.0936. The first-order valence-electron chi connectivity index (χ1n) is 10.3. The van der Waals surface area contributed by atoms with Crippen molar-refractivity contribution < 1.29 is 13.2 Å². The first-order chi connectivity index (χ1) is 15.4. The van der Waals surface area contributed by atoms with Crippen molar-refractivity contribution in [1.82, 2.24) is 5.32 Å². The van der Waals surface area contributed by atoms with E-state index in [-0.39, 0.29) is 16.5 Å². The number of carbonyl (C=O) groups is 1. The molecule has 1 atom stereocenters. The number of benzene rings is 4. The number of fused-ring (bicyclic) bond motifs is 1. The summed E-state index contributed by atoms with van der Waals surface area (Å²) in [5.41, 5.74) is 1.58. The predicted octanol–water partition coefficient (Wildman–Crippen LogP) is 5.16. The van der Waals surface area contributed by atoms with Crippen molar-refractivity contribution in [3.63, 3.8) is 0 Å². The minimum absolute atomic E-state index is 0.0328. The van der Waals surface area contributed by atoms with Crippen LogP contribution >= 0.6 is 0 Å². The van der Waals surface area contributed by atoms with Crippen LogP contribution in [0.15, 0.2) is 102 Å². The van der Waals surface area contributed by atoms with E-state index in [4.69, 9.17) is 0 Å². The van der Waals surface area contributed by atoms with Gasteiger partial charge in [-0.05, 0) is 53.6 Å². The first-order valence-corrected chi connectivity index (χ1v) is 11.7. The van der Waals surface area contributed by atoms with Gasteiger partial charge in [-0.25, -0.2) is 8.42 Å². The smallest absolute Gasteiger partial charge is 0.264 e. The van der Waals surface area contributed by atoms with Crippen LogP contribution in [0, 0.1) is 0 Å². The first kappa shape index (κ1) is 21.6. The normalized spacial score (nSPS) is 12.3. The molecule has 1 N–H and O–H groups in total. The summed E-state index contributed by atoms with van der Waals surface area (Å²) in [6.07, 6.45) is 0. The number of hydrogen-bond donors (Lipinski definition) is 1. The summed E-state index contributed by atoms with van der Waals surface area (Å²) in [5.74, 6) is -0.439. The Bertz CT molecular complexity index is 1370. The SMILES string of the molecule is C[C@@H](NC(=O)c1ccccc1S(=O)(=O)N(C)c1ccccc1)c1ccc2ccccc2c1. The van der Waals surface area contributed by atoms with Crippen LogP contribution in [-0.2, 0) is 10.0 Å². The van der Waals surface area contributed by atoms with Crippen LogP contribution in [0.5, 0.6) is 0 Å². The van der Waals surface area contributed by atoms with Crippen LogP contribution in [-0.4, -0.2) is 21.4 Å². The van der Waals surface area contributed by atoms with Crippen LogP contribution < -0.4 is 9.62 Å². The van der Waals surface area contributed by atoms with E-state index in [2.05, 4.69) is 5.32 Å². The summed E-state index contributed by atoms with van der Waals surface area (Å²) < 4.78 is 27.8. The van der Waals surface area contributed by atoms with Crippen molar-refractivity contribution in [3.05, 3.63) is 108 Å². The van der Waals surface area contributed by atoms with Crippen molar-refractivity contribution in [2.24, 2.45) is 0 Å². The molecular formula is C26H24N2O3S. The van der Waals surface area contributed by atoms with E-state index >= 15 is 0 Å². The number of hydrogen-bond acceptors (Lipinski definition) is 3. The summed E-state index contributed by atoms with van der Waals surface area (Å²) in [4.78, 5) is 13.1. The van der Waals surface area contributed by atoms with Gasteiger partial charge in [-0.1, -0.05) is 66.7 Å². The molecule has 32 heavy (non-hydrogen) atoms. The molecule has 0 unspecified atom stereocenters. The highest BCUT2D eigenvalue weighted by atomic mass is 32.2. The Labute approximate surface area is 188 Å². The number of sulfonamides is 1. The highest BCUT2D eigenvalue weighted by Crippen LogP contribution is 2.25. The number of para-hydroxylation sites is 1. The van der Waals surface area contributed by atoms with Gasteiger partial charge in [0, 0.05) is 7.05 Å². The summed E-state index contributed by atoms with van der Waals surface area (Å²) >= 11 is 0. The minimum atomic E-state index is -3.92. The van der Waals surface area contributed by atoms with Crippen molar-refractivity contribution in [2.75, 3.05) is 11.4 Å². The van der Waals surface area contributed by atoms with Gasteiger partial charge >= 0.3 is 0 Å². The number of amides is 1. The van der Waals surface area contributed by atoms with Crippen molar-refractivity contribution in [1.29, 1.82) is 0 Å². The predicted molar refractivity (Wildman–Crippen MR) is 128 cm³/mol. The number of carbonyl (C=O) groups excluding carboxylic acids is 1. The van der Waals surface area contributed by atoms with Crippen LogP contribution in [0.4, 0.5) is 5.69 Å². The van der Waals surface area contributed by atoms with Gasteiger partial charge in [0.15, 0.2) is 0 Å². The lowest BCUT2D eigenvalue weighted by Crippen LogP contribution is -2.31. The second-order valence-electron chi connectivity index (χ2n) is 7.61. The summed E-state index contributed by atoms with van der Waals surface area (Å²) in [5, 5.41) is 5.15. The molecule has 5 nitrogen and oxygen atoms in total. The molecule has 0 saturated carbocycles. The van der Waals surface area contributed by atoms with Crippen molar-refractivity contribution in [2.45, 2.75) is 17.9 Å². The molecule has 0 aromatic heterocycles. The standard InChI is InChI=1S/C26H24N2O3S/c1-19(21-17-16-20-10-6-7-11-22(20)18-21)27-26(29)24-14-8-9-15-25(24)32(30,31)28(2)23-12-4-3-5-13-23/h3-19H,1-2H3,(H,27,29)/t19-/m1/s1. The largest absolute Gasteiger partial charge is 0.345 e. The zero-order chi connectivity index (χ0) is 22.7. The van der Waals surface area contributed by atoms with Crippen LogP contribution in [0.1, 0.15) is 28.9 Å². The molecule has 0 aliphatic heterocycles. The molecule has 0 radical (unpaired) electrons. The van der Waals surface area contributed by atoms with E-state index in [9.17, 15) is 13.2 Å². The lowest BCUT2D eigenvalue weighted by atomic mass is 10.0. The summed E-state index contributed by atoms with van der Waals surface area (Å²) in [6.45, 7) is 1.88. The Morgan fingerprint density at radius 3 is 2.19 bits per heavy atom. The van der Waals surface area contributed by atoms with Crippen LogP contribution in [0.25, 0.3) is 10.8 Å². The van der Waals surface area contributed by atoms with E-state index < -0.39 is 15.9 Å². The van der Waals surface area contributed by atoms with E-state index in [1.54, 1.807) is 36.4 Å². The van der Waals surface area contributed by atoms with Crippen LogP contribution in [0.3, 0.4) is 0 Å². The van der Waals surface area contributed by atoms with E-state index in [1.807, 2.05) is 55.5 Å². The van der Waals surface area contributed by atoms with E-state index in [1.165, 1.54) is 23.5 Å². The van der Waals surface area contributed by atoms with Gasteiger partial charge in [-0.3, -0.25) is 9.10 Å². The third-order valence-corrected chi connectivity index (χ3v) is 7.35. The molecule has 162 valence electrons. The van der Waals surface area contributed by atoms with Gasteiger partial charge in [0.05, 0.1) is 17.3 Å². The molecule has 0 aliphatic carbocycles. The van der Waals surface area contributed by atoms with Gasteiger partial charge in [-0.2, -0.15) is 0 Å².